The first-order valence-electron chi connectivity index (χ1n) is 9.84. The van der Waals surface area contributed by atoms with Gasteiger partial charge in [-0.2, -0.15) is 5.10 Å². The highest BCUT2D eigenvalue weighted by Crippen LogP contribution is 2.28. The van der Waals surface area contributed by atoms with Crippen LogP contribution in [0.25, 0.3) is 0 Å². The molecule has 0 aliphatic carbocycles. The number of amides is 1. The molecular weight excluding hydrogens is 378 g/mol. The van der Waals surface area contributed by atoms with Crippen LogP contribution in [0.1, 0.15) is 40.0 Å². The maximum atomic E-state index is 13.2. The molecule has 3 heterocycles. The van der Waals surface area contributed by atoms with E-state index in [1.54, 1.807) is 4.68 Å². The lowest BCUT2D eigenvalue weighted by Gasteiger charge is -2.34. The van der Waals surface area contributed by atoms with Crippen LogP contribution in [0.5, 0.6) is 0 Å². The molecule has 28 heavy (non-hydrogen) atoms. The van der Waals surface area contributed by atoms with Crippen LogP contribution in [-0.2, 0) is 16.0 Å². The van der Waals surface area contributed by atoms with Gasteiger partial charge < -0.3 is 14.4 Å². The van der Waals surface area contributed by atoms with Gasteiger partial charge in [0, 0.05) is 19.0 Å². The van der Waals surface area contributed by atoms with Gasteiger partial charge in [0.2, 0.25) is 0 Å². The van der Waals surface area contributed by atoms with Crippen LogP contribution < -0.4 is 0 Å². The number of aryl methyl sites for hydroxylation is 2. The summed E-state index contributed by atoms with van der Waals surface area (Å²) < 4.78 is 13.0. The fourth-order valence-corrected chi connectivity index (χ4v) is 4.31. The topological polar surface area (TPSA) is 56.6 Å². The Morgan fingerprint density at radius 2 is 1.93 bits per heavy atom. The SMILES string of the molecule is Cc1ccc(Cn2nc(C)c(C(=O)N3CCCC(C4OCCO4)C3)c2Cl)cc1. The first-order valence-corrected chi connectivity index (χ1v) is 10.2. The summed E-state index contributed by atoms with van der Waals surface area (Å²) in [7, 11) is 0. The first-order chi connectivity index (χ1) is 13.5. The molecule has 1 aromatic heterocycles. The summed E-state index contributed by atoms with van der Waals surface area (Å²) in [6, 6.07) is 8.24. The number of nitrogens with zero attached hydrogens (tertiary/aromatic N) is 3. The van der Waals surface area contributed by atoms with Crippen LogP contribution >= 0.6 is 11.6 Å². The zero-order chi connectivity index (χ0) is 19.7. The molecule has 0 spiro atoms. The van der Waals surface area contributed by atoms with Crippen LogP contribution in [0.15, 0.2) is 24.3 Å². The third-order valence-electron chi connectivity index (χ3n) is 5.51. The fraction of sp³-hybridized carbons (Fsp3) is 0.524. The van der Waals surface area contributed by atoms with Gasteiger partial charge in [0.1, 0.15) is 5.15 Å². The number of ether oxygens (including phenoxy) is 2. The summed E-state index contributed by atoms with van der Waals surface area (Å²) in [5.74, 6) is 0.155. The Bertz CT molecular complexity index is 843. The molecule has 2 saturated heterocycles. The van der Waals surface area contributed by atoms with Crippen molar-refractivity contribution in [3.63, 3.8) is 0 Å². The molecule has 2 aliphatic rings. The van der Waals surface area contributed by atoms with Gasteiger partial charge in [-0.3, -0.25) is 4.79 Å². The number of hydrogen-bond donors (Lipinski definition) is 0. The number of hydrogen-bond acceptors (Lipinski definition) is 4. The number of halogens is 1. The number of carbonyl (C=O) groups excluding carboxylic acids is 1. The van der Waals surface area contributed by atoms with E-state index in [0.717, 1.165) is 24.9 Å². The molecule has 150 valence electrons. The van der Waals surface area contributed by atoms with E-state index in [4.69, 9.17) is 21.1 Å². The highest BCUT2D eigenvalue weighted by Gasteiger charge is 2.34. The minimum Gasteiger partial charge on any atom is -0.350 e. The minimum absolute atomic E-state index is 0.0552. The number of piperidine rings is 1. The molecule has 2 aliphatic heterocycles. The van der Waals surface area contributed by atoms with Gasteiger partial charge in [0.05, 0.1) is 31.0 Å². The lowest BCUT2D eigenvalue weighted by molar-refractivity contribution is -0.0969. The van der Waals surface area contributed by atoms with Crippen LogP contribution in [0, 0.1) is 19.8 Å². The van der Waals surface area contributed by atoms with Gasteiger partial charge in [-0.1, -0.05) is 41.4 Å². The summed E-state index contributed by atoms with van der Waals surface area (Å²) in [5.41, 5.74) is 3.47. The predicted octanol–water partition coefficient (Wildman–Crippen LogP) is 3.43. The van der Waals surface area contributed by atoms with E-state index in [1.807, 2.05) is 11.8 Å². The Labute approximate surface area is 170 Å². The molecule has 1 unspecified atom stereocenters. The highest BCUT2D eigenvalue weighted by atomic mass is 35.5. The number of aromatic nitrogens is 2. The third-order valence-corrected chi connectivity index (χ3v) is 5.89. The van der Waals surface area contributed by atoms with E-state index < -0.39 is 0 Å². The lowest BCUT2D eigenvalue weighted by Crippen LogP contribution is -2.44. The van der Waals surface area contributed by atoms with E-state index in [0.29, 0.717) is 42.7 Å². The maximum absolute atomic E-state index is 13.2. The Balaban J connectivity index is 1.50. The molecule has 0 N–H and O–H groups in total. The molecule has 4 rings (SSSR count). The third kappa shape index (κ3) is 3.95. The molecule has 0 bridgehead atoms. The first kappa shape index (κ1) is 19.4. The molecule has 0 saturated carbocycles. The standard InChI is InChI=1S/C21H26ClN3O3/c1-14-5-7-16(8-6-14)12-25-19(22)18(15(2)23-25)20(26)24-9-3-4-17(13-24)21-27-10-11-28-21/h5-8,17,21H,3-4,9-13H2,1-2H3. The van der Waals surface area contributed by atoms with Gasteiger partial charge in [0.15, 0.2) is 6.29 Å². The van der Waals surface area contributed by atoms with Crippen molar-refractivity contribution in [2.45, 2.75) is 39.5 Å². The average Bonchev–Trinajstić information content (AvgIpc) is 3.32. The van der Waals surface area contributed by atoms with E-state index in [2.05, 4.69) is 36.3 Å². The second-order valence-corrected chi connectivity index (χ2v) is 8.02. The number of benzene rings is 1. The summed E-state index contributed by atoms with van der Waals surface area (Å²) in [6.45, 7) is 7.05. The maximum Gasteiger partial charge on any atom is 0.258 e. The molecule has 1 aromatic carbocycles. The van der Waals surface area contributed by atoms with Gasteiger partial charge in [0.25, 0.3) is 5.91 Å². The number of likely N-dealkylation sites (tertiary alicyclic amines) is 1. The van der Waals surface area contributed by atoms with Gasteiger partial charge in [-0.05, 0) is 32.3 Å². The average molecular weight is 404 g/mol. The second kappa shape index (κ2) is 8.23. The fourth-order valence-electron chi connectivity index (χ4n) is 3.99. The van der Waals surface area contributed by atoms with Crippen molar-refractivity contribution in [2.24, 2.45) is 5.92 Å². The van der Waals surface area contributed by atoms with Crippen LogP contribution in [-0.4, -0.2) is 53.2 Å². The molecule has 2 aromatic rings. The molecule has 1 amide bonds. The molecule has 0 radical (unpaired) electrons. The molecule has 1 atom stereocenters. The monoisotopic (exact) mass is 403 g/mol. The Kier molecular flexibility index (Phi) is 5.71. The van der Waals surface area contributed by atoms with Crippen molar-refractivity contribution in [3.05, 3.63) is 51.8 Å². The summed E-state index contributed by atoms with van der Waals surface area (Å²) in [4.78, 5) is 15.1. The quantitative estimate of drug-likeness (QED) is 0.784. The van der Waals surface area contributed by atoms with E-state index >= 15 is 0 Å². The van der Waals surface area contributed by atoms with Crippen LogP contribution in [0.3, 0.4) is 0 Å². The summed E-state index contributed by atoms with van der Waals surface area (Å²) in [6.07, 6.45) is 1.75. The van der Waals surface area contributed by atoms with E-state index in [1.165, 1.54) is 5.56 Å². The Morgan fingerprint density at radius 3 is 2.64 bits per heavy atom. The van der Waals surface area contributed by atoms with Crippen molar-refractivity contribution in [2.75, 3.05) is 26.3 Å². The zero-order valence-electron chi connectivity index (χ0n) is 16.4. The minimum atomic E-state index is -0.198. The zero-order valence-corrected chi connectivity index (χ0v) is 17.1. The van der Waals surface area contributed by atoms with Gasteiger partial charge in [-0.25, -0.2) is 4.68 Å². The summed E-state index contributed by atoms with van der Waals surface area (Å²) >= 11 is 6.59. The van der Waals surface area contributed by atoms with Crippen molar-refractivity contribution in [1.29, 1.82) is 0 Å². The van der Waals surface area contributed by atoms with Gasteiger partial charge in [-0.15, -0.1) is 0 Å². The predicted molar refractivity (Wildman–Crippen MR) is 107 cm³/mol. The summed E-state index contributed by atoms with van der Waals surface area (Å²) in [5, 5.41) is 4.93. The molecular formula is C21H26ClN3O3. The smallest absolute Gasteiger partial charge is 0.258 e. The van der Waals surface area contributed by atoms with Crippen molar-refractivity contribution in [3.8, 4) is 0 Å². The van der Waals surface area contributed by atoms with E-state index in [-0.39, 0.29) is 18.1 Å². The van der Waals surface area contributed by atoms with E-state index in [9.17, 15) is 4.79 Å². The number of rotatable bonds is 4. The molecule has 7 heteroatoms. The largest absolute Gasteiger partial charge is 0.350 e. The Hall–Kier alpha value is -1.89. The molecule has 6 nitrogen and oxygen atoms in total. The number of carbonyl (C=O) groups is 1. The van der Waals surface area contributed by atoms with Crippen molar-refractivity contribution in [1.82, 2.24) is 14.7 Å². The Morgan fingerprint density at radius 1 is 1.21 bits per heavy atom. The van der Waals surface area contributed by atoms with Crippen molar-refractivity contribution >= 4 is 17.5 Å². The highest BCUT2D eigenvalue weighted by molar-refractivity contribution is 6.33. The van der Waals surface area contributed by atoms with Crippen LogP contribution in [0.2, 0.25) is 5.15 Å². The second-order valence-electron chi connectivity index (χ2n) is 7.66. The van der Waals surface area contributed by atoms with Crippen LogP contribution in [0.4, 0.5) is 0 Å². The normalized spacial score (nSPS) is 20.7. The van der Waals surface area contributed by atoms with Crippen molar-refractivity contribution < 1.29 is 14.3 Å². The molecule has 2 fully saturated rings. The van der Waals surface area contributed by atoms with Gasteiger partial charge >= 0.3 is 0 Å². The lowest BCUT2D eigenvalue weighted by atomic mass is 9.97.